The second-order valence-corrected chi connectivity index (χ2v) is 10.1. The number of methoxy groups -OCH3 is 1. The third kappa shape index (κ3) is 4.81. The number of piperidine rings is 1. The van der Waals surface area contributed by atoms with E-state index in [1.807, 2.05) is 55.5 Å². The first kappa shape index (κ1) is 22.4. The average molecular weight is 451 g/mol. The van der Waals surface area contributed by atoms with Crippen LogP contribution in [0.3, 0.4) is 0 Å². The van der Waals surface area contributed by atoms with Gasteiger partial charge in [-0.3, -0.25) is 9.21 Å². The minimum absolute atomic E-state index is 0.0863. The SMILES string of the molecule is COc1ccccc1CN1CCC(N(c2ccc(C)cc2)S(=O)(=O)c2ccccc2)CC1. The second kappa shape index (κ2) is 9.76. The Kier molecular flexibility index (Phi) is 6.82. The van der Waals surface area contributed by atoms with E-state index in [1.54, 1.807) is 35.7 Å². The van der Waals surface area contributed by atoms with Crippen LogP contribution < -0.4 is 9.04 Å². The standard InChI is InChI=1S/C26H30N2O3S/c1-21-12-14-23(15-13-21)28(32(29,30)25-9-4-3-5-10-25)24-16-18-27(19-17-24)20-22-8-6-7-11-26(22)31-2/h3-15,24H,16-20H2,1-2H3. The quantitative estimate of drug-likeness (QED) is 0.516. The highest BCUT2D eigenvalue weighted by molar-refractivity contribution is 7.92. The smallest absolute Gasteiger partial charge is 0.264 e. The first-order chi connectivity index (χ1) is 15.5. The van der Waals surface area contributed by atoms with Gasteiger partial charge >= 0.3 is 0 Å². The van der Waals surface area contributed by atoms with E-state index in [-0.39, 0.29) is 6.04 Å². The first-order valence-electron chi connectivity index (χ1n) is 11.0. The van der Waals surface area contributed by atoms with E-state index < -0.39 is 10.0 Å². The lowest BCUT2D eigenvalue weighted by atomic mass is 10.0. The van der Waals surface area contributed by atoms with Gasteiger partial charge in [-0.25, -0.2) is 8.42 Å². The van der Waals surface area contributed by atoms with Crippen LogP contribution >= 0.6 is 0 Å². The first-order valence-corrected chi connectivity index (χ1v) is 12.4. The van der Waals surface area contributed by atoms with Crippen molar-refractivity contribution in [2.45, 2.75) is 37.2 Å². The lowest BCUT2D eigenvalue weighted by Gasteiger charge is -2.39. The number of ether oxygens (including phenoxy) is 1. The fraction of sp³-hybridized carbons (Fsp3) is 0.308. The summed E-state index contributed by atoms with van der Waals surface area (Å²) in [5.41, 5.74) is 2.99. The molecule has 3 aromatic carbocycles. The van der Waals surface area contributed by atoms with Crippen molar-refractivity contribution in [3.05, 3.63) is 90.0 Å². The maximum atomic E-state index is 13.7. The predicted molar refractivity (Wildman–Crippen MR) is 129 cm³/mol. The van der Waals surface area contributed by atoms with Gasteiger partial charge in [0.2, 0.25) is 0 Å². The highest BCUT2D eigenvalue weighted by Crippen LogP contribution is 2.31. The molecule has 0 amide bonds. The molecule has 0 unspecified atom stereocenters. The van der Waals surface area contributed by atoms with Crippen LogP contribution in [0.15, 0.2) is 83.8 Å². The topological polar surface area (TPSA) is 49.9 Å². The van der Waals surface area contributed by atoms with Gasteiger partial charge in [0.1, 0.15) is 5.75 Å². The van der Waals surface area contributed by atoms with Crippen molar-refractivity contribution >= 4 is 15.7 Å². The molecule has 0 atom stereocenters. The molecule has 0 aromatic heterocycles. The number of benzene rings is 3. The molecule has 0 spiro atoms. The summed E-state index contributed by atoms with van der Waals surface area (Å²) in [6.07, 6.45) is 1.55. The zero-order chi connectivity index (χ0) is 22.6. The number of likely N-dealkylation sites (tertiary alicyclic amines) is 1. The van der Waals surface area contributed by atoms with E-state index in [0.717, 1.165) is 55.0 Å². The third-order valence-corrected chi connectivity index (χ3v) is 7.96. The van der Waals surface area contributed by atoms with Gasteiger partial charge in [-0.1, -0.05) is 54.1 Å². The van der Waals surface area contributed by atoms with Crippen molar-refractivity contribution in [2.75, 3.05) is 24.5 Å². The minimum Gasteiger partial charge on any atom is -0.496 e. The number of hydrogen-bond donors (Lipinski definition) is 0. The maximum Gasteiger partial charge on any atom is 0.264 e. The number of anilines is 1. The van der Waals surface area contributed by atoms with Crippen LogP contribution in [0.2, 0.25) is 0 Å². The zero-order valence-electron chi connectivity index (χ0n) is 18.6. The third-order valence-electron chi connectivity index (χ3n) is 6.06. The summed E-state index contributed by atoms with van der Waals surface area (Å²) in [4.78, 5) is 2.70. The van der Waals surface area contributed by atoms with E-state index in [9.17, 15) is 8.42 Å². The molecule has 0 bridgehead atoms. The number of aryl methyl sites for hydroxylation is 1. The Labute approximate surface area is 191 Å². The van der Waals surface area contributed by atoms with Crippen molar-refractivity contribution < 1.29 is 13.2 Å². The number of sulfonamides is 1. The monoisotopic (exact) mass is 450 g/mol. The van der Waals surface area contributed by atoms with Crippen LogP contribution in [0, 0.1) is 6.92 Å². The van der Waals surface area contributed by atoms with Gasteiger partial charge in [0, 0.05) is 31.2 Å². The van der Waals surface area contributed by atoms with Gasteiger partial charge in [-0.2, -0.15) is 0 Å². The molecule has 1 aliphatic heterocycles. The Bertz CT molecular complexity index is 1120. The molecule has 0 saturated carbocycles. The van der Waals surface area contributed by atoms with Crippen LogP contribution in [-0.4, -0.2) is 39.6 Å². The fourth-order valence-corrected chi connectivity index (χ4v) is 6.06. The Hall–Kier alpha value is -2.83. The molecule has 0 N–H and O–H groups in total. The van der Waals surface area contributed by atoms with Crippen molar-refractivity contribution in [1.82, 2.24) is 4.90 Å². The minimum atomic E-state index is -3.66. The summed E-state index contributed by atoms with van der Waals surface area (Å²) in [6, 6.07) is 24.5. The Morgan fingerprint density at radius 1 is 0.906 bits per heavy atom. The summed E-state index contributed by atoms with van der Waals surface area (Å²) in [7, 11) is -1.97. The molecule has 1 fully saturated rings. The fourth-order valence-electron chi connectivity index (χ4n) is 4.33. The molecule has 168 valence electrons. The van der Waals surface area contributed by atoms with E-state index in [2.05, 4.69) is 11.0 Å². The van der Waals surface area contributed by atoms with Crippen LogP contribution in [0.1, 0.15) is 24.0 Å². The van der Waals surface area contributed by atoms with E-state index in [0.29, 0.717) is 4.90 Å². The van der Waals surface area contributed by atoms with Crippen molar-refractivity contribution in [3.8, 4) is 5.75 Å². The Morgan fingerprint density at radius 3 is 2.19 bits per heavy atom. The van der Waals surface area contributed by atoms with Crippen molar-refractivity contribution in [2.24, 2.45) is 0 Å². The molecule has 1 saturated heterocycles. The molecular formula is C26H30N2O3S. The molecule has 1 aliphatic rings. The normalized spacial score (nSPS) is 15.4. The van der Waals surface area contributed by atoms with Gasteiger partial charge in [-0.05, 0) is 50.1 Å². The van der Waals surface area contributed by atoms with E-state index in [1.165, 1.54) is 0 Å². The molecule has 32 heavy (non-hydrogen) atoms. The summed E-state index contributed by atoms with van der Waals surface area (Å²) in [5, 5.41) is 0. The molecular weight excluding hydrogens is 420 g/mol. The number of para-hydroxylation sites is 1. The van der Waals surface area contributed by atoms with Crippen molar-refractivity contribution in [1.29, 1.82) is 0 Å². The molecule has 0 radical (unpaired) electrons. The Morgan fingerprint density at radius 2 is 1.53 bits per heavy atom. The van der Waals surface area contributed by atoms with E-state index >= 15 is 0 Å². The highest BCUT2D eigenvalue weighted by atomic mass is 32.2. The van der Waals surface area contributed by atoms with Gasteiger partial charge in [-0.15, -0.1) is 0 Å². The molecule has 3 aromatic rings. The molecule has 4 rings (SSSR count). The average Bonchev–Trinajstić information content (AvgIpc) is 2.82. The van der Waals surface area contributed by atoms with Gasteiger partial charge in [0.05, 0.1) is 17.7 Å². The Balaban J connectivity index is 1.56. The number of hydrogen-bond acceptors (Lipinski definition) is 4. The number of nitrogens with zero attached hydrogens (tertiary/aromatic N) is 2. The van der Waals surface area contributed by atoms with Crippen LogP contribution in [-0.2, 0) is 16.6 Å². The van der Waals surface area contributed by atoms with E-state index in [4.69, 9.17) is 4.74 Å². The van der Waals surface area contributed by atoms with Crippen LogP contribution in [0.4, 0.5) is 5.69 Å². The zero-order valence-corrected chi connectivity index (χ0v) is 19.5. The van der Waals surface area contributed by atoms with Gasteiger partial charge in [0.25, 0.3) is 10.0 Å². The molecule has 1 heterocycles. The molecule has 0 aliphatic carbocycles. The number of rotatable bonds is 7. The van der Waals surface area contributed by atoms with Crippen LogP contribution in [0.25, 0.3) is 0 Å². The summed E-state index contributed by atoms with van der Waals surface area (Å²) < 4.78 is 34.5. The molecule has 6 heteroatoms. The van der Waals surface area contributed by atoms with Gasteiger partial charge in [0.15, 0.2) is 0 Å². The lowest BCUT2D eigenvalue weighted by Crippen LogP contribution is -2.47. The van der Waals surface area contributed by atoms with Gasteiger partial charge < -0.3 is 4.74 Å². The summed E-state index contributed by atoms with van der Waals surface area (Å²) in [6.45, 7) is 4.47. The summed E-state index contributed by atoms with van der Waals surface area (Å²) in [5.74, 6) is 0.891. The summed E-state index contributed by atoms with van der Waals surface area (Å²) >= 11 is 0. The van der Waals surface area contributed by atoms with Crippen LogP contribution in [0.5, 0.6) is 5.75 Å². The molecule has 5 nitrogen and oxygen atoms in total. The second-order valence-electron chi connectivity index (χ2n) is 8.27. The predicted octanol–water partition coefficient (Wildman–Crippen LogP) is 4.86. The highest BCUT2D eigenvalue weighted by Gasteiger charge is 2.34. The largest absolute Gasteiger partial charge is 0.496 e. The van der Waals surface area contributed by atoms with Crippen molar-refractivity contribution in [3.63, 3.8) is 0 Å². The maximum absolute atomic E-state index is 13.7. The lowest BCUT2D eigenvalue weighted by molar-refractivity contribution is 0.204.